The molecule has 0 aliphatic heterocycles. The number of azo groups is 1. The maximum absolute atomic E-state index is 4.59. The van der Waals surface area contributed by atoms with E-state index >= 15 is 0 Å². The Kier molecular flexibility index (Phi) is 4.39. The van der Waals surface area contributed by atoms with Crippen molar-refractivity contribution >= 4 is 43.7 Å². The summed E-state index contributed by atoms with van der Waals surface area (Å²) in [5.41, 5.74) is 1.75. The van der Waals surface area contributed by atoms with Crippen LogP contribution in [0.4, 0.5) is 11.4 Å². The van der Waals surface area contributed by atoms with Crippen molar-refractivity contribution in [2.75, 3.05) is 0 Å². The first-order valence-electron chi connectivity index (χ1n) is 8.71. The van der Waals surface area contributed by atoms with Gasteiger partial charge in [0.05, 0.1) is 11.4 Å². The summed E-state index contributed by atoms with van der Waals surface area (Å²) < 4.78 is 0. The Morgan fingerprint density at radius 2 is 0.889 bits per heavy atom. The molecule has 0 amide bonds. The van der Waals surface area contributed by atoms with E-state index in [9.17, 15) is 0 Å². The van der Waals surface area contributed by atoms with Gasteiger partial charge in [-0.1, -0.05) is 86.3 Å². The van der Waals surface area contributed by atoms with Crippen LogP contribution < -0.4 is 0 Å². The molecule has 27 heavy (non-hydrogen) atoms. The largest absolute Gasteiger partial charge is 0.151 e. The molecule has 0 N–H and O–H groups in total. The van der Waals surface area contributed by atoms with Gasteiger partial charge in [0.2, 0.25) is 0 Å². The third-order valence-electron chi connectivity index (χ3n) is 4.78. The van der Waals surface area contributed by atoms with Gasteiger partial charge in [-0.2, -0.15) is 5.11 Å². The number of hydrogen-bond acceptors (Lipinski definition) is 2. The van der Waals surface area contributed by atoms with Crippen LogP contribution in [-0.2, 0) is 0 Å². The van der Waals surface area contributed by atoms with Crippen LogP contribution in [0.1, 0.15) is 7.43 Å². The Morgan fingerprint density at radius 3 is 1.52 bits per heavy atom. The molecule has 0 fully saturated rings. The van der Waals surface area contributed by atoms with Crippen LogP contribution in [0.5, 0.6) is 0 Å². The van der Waals surface area contributed by atoms with Crippen LogP contribution in [0, 0.1) is 0 Å². The highest BCUT2D eigenvalue weighted by Gasteiger charge is 2.10. The van der Waals surface area contributed by atoms with Crippen molar-refractivity contribution in [1.82, 2.24) is 0 Å². The van der Waals surface area contributed by atoms with Gasteiger partial charge in [-0.05, 0) is 45.1 Å². The van der Waals surface area contributed by atoms with Crippen LogP contribution in [0.2, 0.25) is 0 Å². The molecule has 0 heterocycles. The van der Waals surface area contributed by atoms with Crippen LogP contribution >= 0.6 is 0 Å². The molecule has 5 aromatic carbocycles. The van der Waals surface area contributed by atoms with Gasteiger partial charge in [0.25, 0.3) is 0 Å². The molecule has 2 nitrogen and oxygen atoms in total. The van der Waals surface area contributed by atoms with Crippen molar-refractivity contribution < 1.29 is 0 Å². The van der Waals surface area contributed by atoms with Crippen molar-refractivity contribution in [3.8, 4) is 0 Å². The normalized spacial score (nSPS) is 11.3. The lowest BCUT2D eigenvalue weighted by Gasteiger charge is -2.11. The van der Waals surface area contributed by atoms with Crippen LogP contribution in [0.25, 0.3) is 32.3 Å². The second kappa shape index (κ2) is 7.00. The highest BCUT2D eigenvalue weighted by atomic mass is 15.1. The summed E-state index contributed by atoms with van der Waals surface area (Å²) >= 11 is 0. The fourth-order valence-corrected chi connectivity index (χ4v) is 3.63. The van der Waals surface area contributed by atoms with Gasteiger partial charge >= 0.3 is 0 Å². The summed E-state index contributed by atoms with van der Waals surface area (Å²) in [5.74, 6) is 0. The van der Waals surface area contributed by atoms with Crippen molar-refractivity contribution in [1.29, 1.82) is 0 Å². The number of fused-ring (bicyclic) bond motifs is 6. The Labute approximate surface area is 158 Å². The lowest BCUT2D eigenvalue weighted by molar-refractivity contribution is 1.24. The Morgan fingerprint density at radius 1 is 0.407 bits per heavy atom. The summed E-state index contributed by atoms with van der Waals surface area (Å²) in [6, 6.07) is 33.2. The van der Waals surface area contributed by atoms with Gasteiger partial charge in [0.15, 0.2) is 0 Å². The molecule has 2 heteroatoms. The fourth-order valence-electron chi connectivity index (χ4n) is 3.63. The van der Waals surface area contributed by atoms with Gasteiger partial charge in [-0.3, -0.25) is 0 Å². The molecule has 0 saturated heterocycles. The van der Waals surface area contributed by atoms with E-state index in [0.29, 0.717) is 0 Å². The smallest absolute Gasteiger partial charge is 0.0941 e. The summed E-state index contributed by atoms with van der Waals surface area (Å²) in [4.78, 5) is 0. The minimum Gasteiger partial charge on any atom is -0.151 e. The Balaban J connectivity index is 0.00000180. The highest BCUT2D eigenvalue weighted by Crippen LogP contribution is 2.39. The molecule has 0 atom stereocenters. The molecule has 5 rings (SSSR count). The van der Waals surface area contributed by atoms with Gasteiger partial charge in [-0.15, -0.1) is 5.11 Å². The van der Waals surface area contributed by atoms with Crippen molar-refractivity contribution in [2.24, 2.45) is 10.2 Å². The SMILES string of the molecule is C.c1ccc(/N=N/c2cccc3c4ccccc4c4ccccc4c23)cc1. The first-order chi connectivity index (χ1) is 12.9. The van der Waals surface area contributed by atoms with E-state index in [1.54, 1.807) is 0 Å². The summed E-state index contributed by atoms with van der Waals surface area (Å²) in [7, 11) is 0. The standard InChI is InChI=1S/C24H16N2.CH4/c1-2-9-17(10-3-1)25-26-23-16-8-15-22-20-12-5-4-11-18(20)19-13-6-7-14-21(19)24(22)23;/h1-16H;1H4/b26-25+;. The average molecular weight is 348 g/mol. The number of benzene rings is 5. The molecule has 0 aliphatic carbocycles. The predicted molar refractivity (Wildman–Crippen MR) is 116 cm³/mol. The summed E-state index contributed by atoms with van der Waals surface area (Å²) in [5, 5.41) is 16.4. The lowest BCUT2D eigenvalue weighted by Crippen LogP contribution is -1.83. The monoisotopic (exact) mass is 348 g/mol. The first-order valence-corrected chi connectivity index (χ1v) is 8.71. The van der Waals surface area contributed by atoms with E-state index in [-0.39, 0.29) is 7.43 Å². The second-order valence-corrected chi connectivity index (χ2v) is 6.33. The van der Waals surface area contributed by atoms with Crippen molar-refractivity contribution in [3.63, 3.8) is 0 Å². The number of hydrogen-bond donors (Lipinski definition) is 0. The molecule has 0 aliphatic rings. The predicted octanol–water partition coefficient (Wildman–Crippen LogP) is 8.20. The summed E-state index contributed by atoms with van der Waals surface area (Å²) in [6.45, 7) is 0. The van der Waals surface area contributed by atoms with Crippen LogP contribution in [0.15, 0.2) is 107 Å². The van der Waals surface area contributed by atoms with E-state index < -0.39 is 0 Å². The van der Waals surface area contributed by atoms with E-state index in [1.807, 2.05) is 36.4 Å². The third-order valence-corrected chi connectivity index (χ3v) is 4.78. The summed E-state index contributed by atoms with van der Waals surface area (Å²) in [6.07, 6.45) is 0. The van der Waals surface area contributed by atoms with E-state index in [1.165, 1.54) is 26.9 Å². The maximum Gasteiger partial charge on any atom is 0.0941 e. The average Bonchev–Trinajstić information content (AvgIpc) is 2.73. The molecule has 130 valence electrons. The number of rotatable bonds is 2. The zero-order valence-corrected chi connectivity index (χ0v) is 14.1. The first kappa shape index (κ1) is 16.9. The molecule has 0 unspecified atom stereocenters. The Bertz CT molecular complexity index is 1230. The van der Waals surface area contributed by atoms with E-state index in [0.717, 1.165) is 16.8 Å². The quantitative estimate of drug-likeness (QED) is 0.227. The zero-order valence-electron chi connectivity index (χ0n) is 14.1. The van der Waals surface area contributed by atoms with E-state index in [4.69, 9.17) is 0 Å². The highest BCUT2D eigenvalue weighted by molar-refractivity contribution is 6.27. The van der Waals surface area contributed by atoms with Crippen LogP contribution in [0.3, 0.4) is 0 Å². The number of nitrogens with zero attached hydrogens (tertiary/aromatic N) is 2. The second-order valence-electron chi connectivity index (χ2n) is 6.33. The molecule has 0 bridgehead atoms. The molecule has 0 aromatic heterocycles. The molecule has 0 spiro atoms. The Hall–Kier alpha value is -3.52. The maximum atomic E-state index is 4.59. The fraction of sp³-hybridized carbons (Fsp3) is 0.0400. The molecule has 0 saturated carbocycles. The zero-order chi connectivity index (χ0) is 17.3. The lowest BCUT2D eigenvalue weighted by atomic mass is 9.93. The molecular formula is C25H20N2. The van der Waals surface area contributed by atoms with E-state index in [2.05, 4.69) is 70.9 Å². The third kappa shape index (κ3) is 2.85. The van der Waals surface area contributed by atoms with Gasteiger partial charge in [0.1, 0.15) is 0 Å². The van der Waals surface area contributed by atoms with Gasteiger partial charge in [0, 0.05) is 5.39 Å². The minimum atomic E-state index is 0. The van der Waals surface area contributed by atoms with Crippen LogP contribution in [-0.4, -0.2) is 0 Å². The molecule has 0 radical (unpaired) electrons. The molecular weight excluding hydrogens is 328 g/mol. The molecule has 5 aromatic rings. The van der Waals surface area contributed by atoms with Crippen molar-refractivity contribution in [2.45, 2.75) is 7.43 Å². The van der Waals surface area contributed by atoms with Gasteiger partial charge < -0.3 is 0 Å². The van der Waals surface area contributed by atoms with Crippen molar-refractivity contribution in [3.05, 3.63) is 97.1 Å². The topological polar surface area (TPSA) is 24.7 Å². The minimum absolute atomic E-state index is 0. The van der Waals surface area contributed by atoms with Gasteiger partial charge in [-0.25, -0.2) is 0 Å².